The lowest BCUT2D eigenvalue weighted by Gasteiger charge is -2.12. The molecule has 0 aliphatic carbocycles. The highest BCUT2D eigenvalue weighted by Crippen LogP contribution is 2.34. The van der Waals surface area contributed by atoms with Crippen molar-refractivity contribution in [1.29, 1.82) is 0 Å². The lowest BCUT2D eigenvalue weighted by atomic mass is 10.2. The monoisotopic (exact) mass is 315 g/mol. The summed E-state index contributed by atoms with van der Waals surface area (Å²) in [5, 5.41) is 13.4. The highest BCUT2D eigenvalue weighted by Gasteiger charge is 2.34. The number of hydroxylamine groups is 1. The molecular formula is C13H12F3N3O3. The third-order valence-electron chi connectivity index (χ3n) is 2.68. The van der Waals surface area contributed by atoms with Crippen LogP contribution in [0.2, 0.25) is 0 Å². The molecule has 0 fully saturated rings. The Morgan fingerprint density at radius 1 is 1.41 bits per heavy atom. The second kappa shape index (κ2) is 6.06. The minimum atomic E-state index is -4.59. The number of para-hydroxylation sites is 1. The first kappa shape index (κ1) is 15.8. The summed E-state index contributed by atoms with van der Waals surface area (Å²) in [5.41, 5.74) is 0.322. The molecule has 0 aliphatic heterocycles. The van der Waals surface area contributed by atoms with E-state index in [0.29, 0.717) is 0 Å². The van der Waals surface area contributed by atoms with Crippen molar-refractivity contribution in [2.45, 2.75) is 13.1 Å². The van der Waals surface area contributed by atoms with Gasteiger partial charge in [0, 0.05) is 0 Å². The van der Waals surface area contributed by atoms with Gasteiger partial charge in [-0.2, -0.15) is 18.3 Å². The molecule has 22 heavy (non-hydrogen) atoms. The molecule has 1 aromatic heterocycles. The standard InChI is InChI=1S/C13H12F3N3O3/c1-2-22-18-12(21)11-10(20)7-19(17-11)9-6-4-3-5-8(9)13(14,15)16/h3-7,20H,2H2,1H3,(H,18,21). The molecule has 1 heterocycles. The predicted molar refractivity (Wildman–Crippen MR) is 69.3 cm³/mol. The maximum atomic E-state index is 13.0. The fourth-order valence-corrected chi connectivity index (χ4v) is 1.75. The number of aromatic nitrogens is 2. The smallest absolute Gasteiger partial charge is 0.418 e. The van der Waals surface area contributed by atoms with Crippen LogP contribution >= 0.6 is 0 Å². The van der Waals surface area contributed by atoms with Gasteiger partial charge in [0.05, 0.1) is 24.1 Å². The van der Waals surface area contributed by atoms with Crippen LogP contribution in [0.3, 0.4) is 0 Å². The SMILES string of the molecule is CCONC(=O)c1nn(-c2ccccc2C(F)(F)F)cc1O. The number of benzene rings is 1. The molecule has 0 saturated carbocycles. The van der Waals surface area contributed by atoms with Gasteiger partial charge in [-0.15, -0.1) is 0 Å². The van der Waals surface area contributed by atoms with Crippen LogP contribution in [0.15, 0.2) is 30.5 Å². The Labute approximate surface area is 123 Å². The van der Waals surface area contributed by atoms with Crippen molar-refractivity contribution in [1.82, 2.24) is 15.3 Å². The van der Waals surface area contributed by atoms with Gasteiger partial charge in [-0.25, -0.2) is 10.2 Å². The van der Waals surface area contributed by atoms with E-state index in [9.17, 15) is 23.1 Å². The average molecular weight is 315 g/mol. The molecule has 0 unspecified atom stereocenters. The molecule has 0 spiro atoms. The second-order valence-electron chi connectivity index (χ2n) is 4.19. The number of rotatable bonds is 4. The normalized spacial score (nSPS) is 11.5. The molecular weight excluding hydrogens is 303 g/mol. The van der Waals surface area contributed by atoms with Gasteiger partial charge in [-0.05, 0) is 19.1 Å². The Hall–Kier alpha value is -2.55. The fourth-order valence-electron chi connectivity index (χ4n) is 1.75. The molecule has 1 amide bonds. The molecule has 0 saturated heterocycles. The number of hydrogen-bond acceptors (Lipinski definition) is 4. The largest absolute Gasteiger partial charge is 0.504 e. The molecule has 0 atom stereocenters. The molecule has 6 nitrogen and oxygen atoms in total. The van der Waals surface area contributed by atoms with E-state index in [-0.39, 0.29) is 12.3 Å². The van der Waals surface area contributed by atoms with Gasteiger partial charge < -0.3 is 5.11 Å². The lowest BCUT2D eigenvalue weighted by molar-refractivity contribution is -0.137. The molecule has 2 aromatic rings. The summed E-state index contributed by atoms with van der Waals surface area (Å²) < 4.78 is 39.7. The van der Waals surface area contributed by atoms with Crippen molar-refractivity contribution in [2.75, 3.05) is 6.61 Å². The van der Waals surface area contributed by atoms with Crippen LogP contribution in [0.25, 0.3) is 5.69 Å². The molecule has 2 N–H and O–H groups in total. The number of nitrogens with one attached hydrogen (secondary N) is 1. The van der Waals surface area contributed by atoms with Gasteiger partial charge in [0.25, 0.3) is 5.91 Å². The zero-order chi connectivity index (χ0) is 16.3. The Morgan fingerprint density at radius 2 is 2.09 bits per heavy atom. The van der Waals surface area contributed by atoms with Gasteiger partial charge in [0.1, 0.15) is 0 Å². The number of nitrogens with zero attached hydrogens (tertiary/aromatic N) is 2. The Kier molecular flexibility index (Phi) is 4.36. The minimum absolute atomic E-state index is 0.185. The molecule has 1 aromatic carbocycles. The fraction of sp³-hybridized carbons (Fsp3) is 0.231. The van der Waals surface area contributed by atoms with Crippen molar-refractivity contribution >= 4 is 5.91 Å². The topological polar surface area (TPSA) is 76.4 Å². The van der Waals surface area contributed by atoms with Crippen molar-refractivity contribution < 1.29 is 27.9 Å². The predicted octanol–water partition coefficient (Wildman–Crippen LogP) is 2.28. The third kappa shape index (κ3) is 3.19. The number of alkyl halides is 3. The van der Waals surface area contributed by atoms with Crippen molar-refractivity contribution in [3.63, 3.8) is 0 Å². The van der Waals surface area contributed by atoms with E-state index in [2.05, 4.69) is 9.94 Å². The molecule has 9 heteroatoms. The Balaban J connectivity index is 2.42. The summed E-state index contributed by atoms with van der Waals surface area (Å²) in [6.45, 7) is 1.81. The highest BCUT2D eigenvalue weighted by atomic mass is 19.4. The second-order valence-corrected chi connectivity index (χ2v) is 4.19. The summed E-state index contributed by atoms with van der Waals surface area (Å²) in [7, 11) is 0. The molecule has 0 radical (unpaired) electrons. The molecule has 0 bridgehead atoms. The first-order valence-electron chi connectivity index (χ1n) is 6.22. The van der Waals surface area contributed by atoms with Gasteiger partial charge in [-0.3, -0.25) is 9.63 Å². The number of carbonyl (C=O) groups is 1. The maximum Gasteiger partial charge on any atom is 0.418 e. The van der Waals surface area contributed by atoms with Crippen molar-refractivity contribution in [3.8, 4) is 11.4 Å². The number of halogens is 3. The Bertz CT molecular complexity index is 683. The van der Waals surface area contributed by atoms with E-state index in [1.54, 1.807) is 6.92 Å². The quantitative estimate of drug-likeness (QED) is 0.849. The number of hydrogen-bond donors (Lipinski definition) is 2. The first-order chi connectivity index (χ1) is 10.3. The minimum Gasteiger partial charge on any atom is -0.504 e. The summed E-state index contributed by atoms with van der Waals surface area (Å²) in [6.07, 6.45) is -3.67. The number of amides is 1. The average Bonchev–Trinajstić information content (AvgIpc) is 2.86. The van der Waals surface area contributed by atoms with E-state index in [0.717, 1.165) is 16.9 Å². The van der Waals surface area contributed by atoms with Gasteiger partial charge in [0.2, 0.25) is 0 Å². The van der Waals surface area contributed by atoms with E-state index in [4.69, 9.17) is 0 Å². The number of aromatic hydroxyl groups is 1. The van der Waals surface area contributed by atoms with Crippen LogP contribution in [0, 0.1) is 0 Å². The van der Waals surface area contributed by atoms with Crippen LogP contribution in [0.4, 0.5) is 13.2 Å². The van der Waals surface area contributed by atoms with E-state index < -0.39 is 29.1 Å². The van der Waals surface area contributed by atoms with Gasteiger partial charge >= 0.3 is 6.18 Å². The van der Waals surface area contributed by atoms with Gasteiger partial charge in [-0.1, -0.05) is 12.1 Å². The van der Waals surface area contributed by atoms with E-state index in [1.165, 1.54) is 18.2 Å². The molecule has 2 rings (SSSR count). The van der Waals surface area contributed by atoms with Crippen molar-refractivity contribution in [2.24, 2.45) is 0 Å². The lowest BCUT2D eigenvalue weighted by Crippen LogP contribution is -2.24. The number of carbonyl (C=O) groups excluding carboxylic acids is 1. The first-order valence-corrected chi connectivity index (χ1v) is 6.22. The van der Waals surface area contributed by atoms with Crippen LogP contribution < -0.4 is 5.48 Å². The van der Waals surface area contributed by atoms with E-state index in [1.807, 2.05) is 5.48 Å². The highest BCUT2D eigenvalue weighted by molar-refractivity contribution is 5.94. The molecule has 118 valence electrons. The van der Waals surface area contributed by atoms with Crippen LogP contribution in [-0.2, 0) is 11.0 Å². The summed E-state index contributed by atoms with van der Waals surface area (Å²) in [6, 6.07) is 4.69. The van der Waals surface area contributed by atoms with Crippen molar-refractivity contribution in [3.05, 3.63) is 41.7 Å². The Morgan fingerprint density at radius 3 is 2.73 bits per heavy atom. The summed E-state index contributed by atoms with van der Waals surface area (Å²) in [4.78, 5) is 16.3. The van der Waals surface area contributed by atoms with Crippen LogP contribution in [0.1, 0.15) is 23.0 Å². The zero-order valence-electron chi connectivity index (χ0n) is 11.4. The van der Waals surface area contributed by atoms with Crippen LogP contribution in [-0.4, -0.2) is 27.4 Å². The van der Waals surface area contributed by atoms with Crippen LogP contribution in [0.5, 0.6) is 5.75 Å². The maximum absolute atomic E-state index is 13.0. The van der Waals surface area contributed by atoms with E-state index >= 15 is 0 Å². The third-order valence-corrected chi connectivity index (χ3v) is 2.68. The zero-order valence-corrected chi connectivity index (χ0v) is 11.4. The molecule has 0 aliphatic rings. The summed E-state index contributed by atoms with van der Waals surface area (Å²) >= 11 is 0. The van der Waals surface area contributed by atoms with Gasteiger partial charge in [0.15, 0.2) is 11.4 Å². The summed E-state index contributed by atoms with van der Waals surface area (Å²) in [5.74, 6) is -1.42.